The van der Waals surface area contributed by atoms with Crippen molar-refractivity contribution in [2.24, 2.45) is 5.73 Å². The fourth-order valence-electron chi connectivity index (χ4n) is 0.779. The van der Waals surface area contributed by atoms with E-state index >= 15 is 0 Å². The van der Waals surface area contributed by atoms with Crippen LogP contribution in [0.5, 0.6) is 0 Å². The zero-order valence-corrected chi connectivity index (χ0v) is 6.70. The minimum Gasteiger partial charge on any atom is -0.351 e. The molecule has 1 heterocycles. The Kier molecular flexibility index (Phi) is 2.44. The fraction of sp³-hybridized carbons (Fsp3) is 0. The van der Waals surface area contributed by atoms with Gasteiger partial charge in [0.25, 0.3) is 0 Å². The van der Waals surface area contributed by atoms with E-state index in [-0.39, 0.29) is 5.82 Å². The van der Waals surface area contributed by atoms with E-state index in [1.165, 1.54) is 12.3 Å². The number of nitrogens with zero attached hydrogens (tertiary/aromatic N) is 1. The van der Waals surface area contributed by atoms with Crippen molar-refractivity contribution < 1.29 is 4.79 Å². The van der Waals surface area contributed by atoms with Gasteiger partial charge in [-0.05, 0) is 0 Å². The van der Waals surface area contributed by atoms with E-state index in [1.54, 1.807) is 0 Å². The first-order valence-corrected chi connectivity index (χ1v) is 3.42. The molecule has 0 saturated heterocycles. The molecule has 0 fully saturated rings. The number of aromatic nitrogens is 2. The van der Waals surface area contributed by atoms with Crippen molar-refractivity contribution >= 4 is 17.9 Å². The summed E-state index contributed by atoms with van der Waals surface area (Å²) >= 11 is 0. The third kappa shape index (κ3) is 2.16. The predicted molar refractivity (Wildman–Crippen MR) is 48.2 cm³/mol. The second-order valence-corrected chi connectivity index (χ2v) is 2.20. The molecule has 0 atom stereocenters. The Morgan fingerprint density at radius 2 is 2.46 bits per heavy atom. The van der Waals surface area contributed by atoms with Gasteiger partial charge < -0.3 is 10.7 Å². The monoisotopic (exact) mass is 180 g/mol. The van der Waals surface area contributed by atoms with Crippen LogP contribution in [0.2, 0.25) is 0 Å². The number of carbonyl (C=O) groups is 1. The standard InChI is InChI=1S/C7H8N4O2/c1-2-4-3-9-7(13)11-5(4)10-6(8)12/h2-3H,1H2,(H4,8,9,10,11,12,13). The summed E-state index contributed by atoms with van der Waals surface area (Å²) in [6.45, 7) is 3.47. The van der Waals surface area contributed by atoms with Crippen LogP contribution in [0.25, 0.3) is 6.08 Å². The van der Waals surface area contributed by atoms with Crippen LogP contribution < -0.4 is 16.7 Å². The maximum absolute atomic E-state index is 10.7. The second kappa shape index (κ2) is 3.53. The van der Waals surface area contributed by atoms with Gasteiger partial charge in [-0.15, -0.1) is 0 Å². The zero-order chi connectivity index (χ0) is 9.84. The molecule has 0 aliphatic rings. The molecule has 0 aliphatic carbocycles. The van der Waals surface area contributed by atoms with Crippen molar-refractivity contribution in [1.82, 2.24) is 9.97 Å². The molecule has 1 rings (SSSR count). The molecule has 68 valence electrons. The van der Waals surface area contributed by atoms with Crippen LogP contribution in [0.4, 0.5) is 10.6 Å². The summed E-state index contributed by atoms with van der Waals surface area (Å²) in [5.41, 5.74) is 4.80. The number of urea groups is 1. The third-order valence-electron chi connectivity index (χ3n) is 1.30. The molecule has 0 saturated carbocycles. The number of rotatable bonds is 2. The van der Waals surface area contributed by atoms with Crippen molar-refractivity contribution in [3.63, 3.8) is 0 Å². The lowest BCUT2D eigenvalue weighted by molar-refractivity contribution is 0.259. The van der Waals surface area contributed by atoms with Crippen LogP contribution in [0.3, 0.4) is 0 Å². The summed E-state index contributed by atoms with van der Waals surface area (Å²) in [6.07, 6.45) is 2.82. The Morgan fingerprint density at radius 3 is 3.00 bits per heavy atom. The topological polar surface area (TPSA) is 101 Å². The van der Waals surface area contributed by atoms with Crippen LogP contribution in [-0.2, 0) is 0 Å². The van der Waals surface area contributed by atoms with Gasteiger partial charge in [-0.2, -0.15) is 4.98 Å². The maximum atomic E-state index is 10.7. The quantitative estimate of drug-likeness (QED) is 0.592. The summed E-state index contributed by atoms with van der Waals surface area (Å²) in [4.78, 5) is 27.0. The highest BCUT2D eigenvalue weighted by Crippen LogP contribution is 2.08. The number of primary amides is 1. The van der Waals surface area contributed by atoms with E-state index < -0.39 is 11.7 Å². The van der Waals surface area contributed by atoms with Gasteiger partial charge in [0.2, 0.25) is 0 Å². The van der Waals surface area contributed by atoms with Crippen LogP contribution in [0.15, 0.2) is 17.6 Å². The van der Waals surface area contributed by atoms with Gasteiger partial charge in [0.05, 0.1) is 0 Å². The molecule has 0 aromatic carbocycles. The number of carbonyl (C=O) groups excluding carboxylic acids is 1. The average Bonchev–Trinajstić information content (AvgIpc) is 2.03. The number of hydrogen-bond donors (Lipinski definition) is 3. The molecule has 13 heavy (non-hydrogen) atoms. The number of H-pyrrole nitrogens is 1. The van der Waals surface area contributed by atoms with Crippen molar-refractivity contribution in [3.8, 4) is 0 Å². The molecule has 0 aliphatic heterocycles. The van der Waals surface area contributed by atoms with E-state index in [0.717, 1.165) is 0 Å². The first kappa shape index (κ1) is 8.98. The Labute approximate surface area is 73.5 Å². The maximum Gasteiger partial charge on any atom is 0.346 e. The molecule has 0 spiro atoms. The minimum atomic E-state index is -0.777. The van der Waals surface area contributed by atoms with Gasteiger partial charge in [0.15, 0.2) is 0 Å². The van der Waals surface area contributed by atoms with Crippen LogP contribution in [0, 0.1) is 0 Å². The lowest BCUT2D eigenvalue weighted by atomic mass is 10.3. The molecule has 0 radical (unpaired) electrons. The highest BCUT2D eigenvalue weighted by atomic mass is 16.2. The Balaban J connectivity index is 3.15. The molecular formula is C7H8N4O2. The van der Waals surface area contributed by atoms with E-state index in [0.29, 0.717) is 5.56 Å². The number of hydrogen-bond acceptors (Lipinski definition) is 3. The molecule has 6 heteroatoms. The summed E-state index contributed by atoms with van der Waals surface area (Å²) < 4.78 is 0. The molecule has 0 bridgehead atoms. The van der Waals surface area contributed by atoms with E-state index in [9.17, 15) is 9.59 Å². The molecule has 1 aromatic heterocycles. The largest absolute Gasteiger partial charge is 0.351 e. The van der Waals surface area contributed by atoms with E-state index in [1.807, 2.05) is 0 Å². The van der Waals surface area contributed by atoms with Crippen molar-refractivity contribution in [3.05, 3.63) is 28.8 Å². The Hall–Kier alpha value is -2.11. The molecule has 1 aromatic rings. The number of amides is 2. The van der Waals surface area contributed by atoms with Gasteiger partial charge in [0.1, 0.15) is 5.82 Å². The lowest BCUT2D eigenvalue weighted by Crippen LogP contribution is -2.23. The van der Waals surface area contributed by atoms with Crippen LogP contribution in [0.1, 0.15) is 5.56 Å². The first-order valence-electron chi connectivity index (χ1n) is 3.42. The number of aromatic amines is 1. The molecule has 2 amide bonds. The van der Waals surface area contributed by atoms with Gasteiger partial charge in [0, 0.05) is 11.8 Å². The third-order valence-corrected chi connectivity index (χ3v) is 1.30. The second-order valence-electron chi connectivity index (χ2n) is 2.20. The zero-order valence-electron chi connectivity index (χ0n) is 6.70. The van der Waals surface area contributed by atoms with Crippen LogP contribution >= 0.6 is 0 Å². The van der Waals surface area contributed by atoms with Crippen molar-refractivity contribution in [2.45, 2.75) is 0 Å². The van der Waals surface area contributed by atoms with Gasteiger partial charge in [-0.3, -0.25) is 5.32 Å². The molecular weight excluding hydrogens is 172 g/mol. The van der Waals surface area contributed by atoms with Crippen LogP contribution in [-0.4, -0.2) is 16.0 Å². The molecule has 6 nitrogen and oxygen atoms in total. The average molecular weight is 180 g/mol. The SMILES string of the molecule is C=Cc1c[nH]c(=O)nc1NC(N)=O. The van der Waals surface area contributed by atoms with E-state index in [4.69, 9.17) is 5.73 Å². The normalized spacial score (nSPS) is 9.23. The Morgan fingerprint density at radius 1 is 1.77 bits per heavy atom. The van der Waals surface area contributed by atoms with Gasteiger partial charge in [-0.25, -0.2) is 9.59 Å². The highest BCUT2D eigenvalue weighted by molar-refractivity contribution is 5.88. The minimum absolute atomic E-state index is 0.103. The number of nitrogens with two attached hydrogens (primary N) is 1. The van der Waals surface area contributed by atoms with Gasteiger partial charge >= 0.3 is 11.7 Å². The molecule has 0 unspecified atom stereocenters. The number of nitrogens with one attached hydrogen (secondary N) is 2. The predicted octanol–water partition coefficient (Wildman–Crippen LogP) is -0.0965. The Bertz CT molecular complexity index is 396. The summed E-state index contributed by atoms with van der Waals surface area (Å²) in [7, 11) is 0. The first-order chi connectivity index (χ1) is 6.13. The summed E-state index contributed by atoms with van der Waals surface area (Å²) in [6, 6.07) is -0.777. The van der Waals surface area contributed by atoms with E-state index in [2.05, 4.69) is 21.9 Å². The lowest BCUT2D eigenvalue weighted by Gasteiger charge is -2.02. The summed E-state index contributed by atoms with van der Waals surface area (Å²) in [5, 5.41) is 2.20. The van der Waals surface area contributed by atoms with Crippen molar-refractivity contribution in [2.75, 3.05) is 5.32 Å². The van der Waals surface area contributed by atoms with Gasteiger partial charge in [-0.1, -0.05) is 12.7 Å². The summed E-state index contributed by atoms with van der Waals surface area (Å²) in [5.74, 6) is 0.103. The number of anilines is 1. The van der Waals surface area contributed by atoms with Crippen molar-refractivity contribution in [1.29, 1.82) is 0 Å². The highest BCUT2D eigenvalue weighted by Gasteiger charge is 2.03. The fourth-order valence-corrected chi connectivity index (χ4v) is 0.779. The molecule has 4 N–H and O–H groups in total. The smallest absolute Gasteiger partial charge is 0.346 e.